The Morgan fingerprint density at radius 2 is 2.00 bits per heavy atom. The Hall–Kier alpha value is -1.13. The third kappa shape index (κ3) is 3.18. The van der Waals surface area contributed by atoms with Gasteiger partial charge in [0.25, 0.3) is 0 Å². The summed E-state index contributed by atoms with van der Waals surface area (Å²) in [6.45, 7) is 3.46. The fraction of sp³-hybridized carbons (Fsp3) is 0.250. The summed E-state index contributed by atoms with van der Waals surface area (Å²) in [5, 5.41) is 7.23. The lowest BCUT2D eigenvalue weighted by atomic mass is 10.2. The molecule has 2 aromatic rings. The molecule has 0 fully saturated rings. The molecule has 0 unspecified atom stereocenters. The van der Waals surface area contributed by atoms with E-state index in [0.717, 1.165) is 29.0 Å². The molecule has 0 atom stereocenters. The number of aromatic nitrogens is 1. The summed E-state index contributed by atoms with van der Waals surface area (Å²) < 4.78 is 6.09. The summed E-state index contributed by atoms with van der Waals surface area (Å²) in [6.07, 6.45) is 0. The number of hydrogen-bond donors (Lipinski definition) is 1. The van der Waals surface area contributed by atoms with Gasteiger partial charge in [0, 0.05) is 23.6 Å². The van der Waals surface area contributed by atoms with Crippen LogP contribution in [0.15, 0.2) is 39.3 Å². The van der Waals surface area contributed by atoms with Crippen LogP contribution in [0.1, 0.15) is 17.0 Å². The van der Waals surface area contributed by atoms with Crippen LogP contribution in [-0.4, -0.2) is 5.16 Å². The van der Waals surface area contributed by atoms with E-state index in [1.54, 1.807) is 0 Å². The highest BCUT2D eigenvalue weighted by Crippen LogP contribution is 2.10. The summed E-state index contributed by atoms with van der Waals surface area (Å²) in [7, 11) is 0. The second-order valence-corrected chi connectivity index (χ2v) is 4.57. The summed E-state index contributed by atoms with van der Waals surface area (Å²) in [6, 6.07) is 10.2. The molecule has 0 radical (unpaired) electrons. The second-order valence-electron chi connectivity index (χ2n) is 3.66. The second kappa shape index (κ2) is 5.27. The van der Waals surface area contributed by atoms with Gasteiger partial charge >= 0.3 is 0 Å². The molecular formula is C12H13BrN2O. The predicted molar refractivity (Wildman–Crippen MR) is 65.9 cm³/mol. The zero-order chi connectivity index (χ0) is 11.4. The van der Waals surface area contributed by atoms with E-state index < -0.39 is 0 Å². The number of aryl methyl sites for hydroxylation is 1. The molecule has 0 saturated heterocycles. The van der Waals surface area contributed by atoms with Crippen molar-refractivity contribution in [3.05, 3.63) is 51.8 Å². The number of halogens is 1. The molecule has 0 aliphatic carbocycles. The number of nitrogens with one attached hydrogen (secondary N) is 1. The molecule has 0 bridgehead atoms. The number of hydrogen-bond acceptors (Lipinski definition) is 3. The van der Waals surface area contributed by atoms with E-state index in [1.165, 1.54) is 5.56 Å². The molecule has 16 heavy (non-hydrogen) atoms. The van der Waals surface area contributed by atoms with Crippen LogP contribution in [0.2, 0.25) is 0 Å². The van der Waals surface area contributed by atoms with Crippen LogP contribution in [0.4, 0.5) is 0 Å². The van der Waals surface area contributed by atoms with Gasteiger partial charge in [-0.2, -0.15) is 0 Å². The van der Waals surface area contributed by atoms with Gasteiger partial charge in [0.15, 0.2) is 0 Å². The van der Waals surface area contributed by atoms with Crippen molar-refractivity contribution in [2.75, 3.05) is 0 Å². The first kappa shape index (κ1) is 11.4. The van der Waals surface area contributed by atoms with Crippen molar-refractivity contribution in [3.63, 3.8) is 0 Å². The quantitative estimate of drug-likeness (QED) is 0.936. The zero-order valence-corrected chi connectivity index (χ0v) is 10.6. The molecule has 0 aliphatic heterocycles. The zero-order valence-electron chi connectivity index (χ0n) is 9.03. The Morgan fingerprint density at radius 3 is 2.62 bits per heavy atom. The van der Waals surface area contributed by atoms with Gasteiger partial charge in [-0.15, -0.1) is 0 Å². The monoisotopic (exact) mass is 280 g/mol. The van der Waals surface area contributed by atoms with Gasteiger partial charge in [0.05, 0.1) is 5.69 Å². The van der Waals surface area contributed by atoms with E-state index in [1.807, 2.05) is 25.1 Å². The molecule has 1 aromatic heterocycles. The Morgan fingerprint density at radius 1 is 1.25 bits per heavy atom. The maximum Gasteiger partial charge on any atom is 0.133 e. The van der Waals surface area contributed by atoms with Gasteiger partial charge in [0.1, 0.15) is 5.76 Å². The van der Waals surface area contributed by atoms with Crippen LogP contribution in [-0.2, 0) is 13.1 Å². The van der Waals surface area contributed by atoms with E-state index in [-0.39, 0.29) is 0 Å². The minimum Gasteiger partial charge on any atom is -0.361 e. The Bertz CT molecular complexity index is 450. The van der Waals surface area contributed by atoms with E-state index in [0.29, 0.717) is 0 Å². The molecule has 4 heteroatoms. The molecule has 0 saturated carbocycles. The highest BCUT2D eigenvalue weighted by molar-refractivity contribution is 9.10. The summed E-state index contributed by atoms with van der Waals surface area (Å²) in [5.41, 5.74) is 2.19. The van der Waals surface area contributed by atoms with Gasteiger partial charge in [-0.3, -0.25) is 0 Å². The third-order valence-electron chi connectivity index (χ3n) is 2.23. The Labute approximate surface area is 103 Å². The molecule has 1 N–H and O–H groups in total. The standard InChI is InChI=1S/C12H13BrN2O/c1-9-6-12(15-16-9)8-14-7-10-2-4-11(13)5-3-10/h2-6,14H,7-8H2,1H3. The van der Waals surface area contributed by atoms with Crippen LogP contribution >= 0.6 is 15.9 Å². The smallest absolute Gasteiger partial charge is 0.133 e. The highest BCUT2D eigenvalue weighted by Gasteiger charge is 1.99. The minimum atomic E-state index is 0.730. The third-order valence-corrected chi connectivity index (χ3v) is 2.75. The summed E-state index contributed by atoms with van der Waals surface area (Å²) >= 11 is 3.41. The number of nitrogens with zero attached hydrogens (tertiary/aromatic N) is 1. The van der Waals surface area contributed by atoms with Crippen LogP contribution in [0.3, 0.4) is 0 Å². The maximum absolute atomic E-state index is 4.99. The molecule has 1 aromatic carbocycles. The highest BCUT2D eigenvalue weighted by atomic mass is 79.9. The van der Waals surface area contributed by atoms with Crippen molar-refractivity contribution in [1.82, 2.24) is 10.5 Å². The Balaban J connectivity index is 1.82. The molecule has 1 heterocycles. The first-order valence-corrected chi connectivity index (χ1v) is 5.91. The van der Waals surface area contributed by atoms with Crippen LogP contribution < -0.4 is 5.32 Å². The lowest BCUT2D eigenvalue weighted by molar-refractivity contribution is 0.388. The fourth-order valence-electron chi connectivity index (χ4n) is 1.44. The molecular weight excluding hydrogens is 268 g/mol. The van der Waals surface area contributed by atoms with E-state index in [2.05, 4.69) is 38.5 Å². The van der Waals surface area contributed by atoms with Crippen LogP contribution in [0.25, 0.3) is 0 Å². The van der Waals surface area contributed by atoms with Crippen molar-refractivity contribution in [1.29, 1.82) is 0 Å². The largest absolute Gasteiger partial charge is 0.361 e. The average Bonchev–Trinajstić information content (AvgIpc) is 2.67. The number of benzene rings is 1. The average molecular weight is 281 g/mol. The maximum atomic E-state index is 4.99. The van der Waals surface area contributed by atoms with Crippen molar-refractivity contribution in [3.8, 4) is 0 Å². The van der Waals surface area contributed by atoms with Crippen molar-refractivity contribution in [2.24, 2.45) is 0 Å². The molecule has 0 spiro atoms. The first-order valence-electron chi connectivity index (χ1n) is 5.11. The van der Waals surface area contributed by atoms with Crippen molar-refractivity contribution < 1.29 is 4.52 Å². The van der Waals surface area contributed by atoms with Crippen molar-refractivity contribution >= 4 is 15.9 Å². The minimum absolute atomic E-state index is 0.730. The van der Waals surface area contributed by atoms with Gasteiger partial charge in [-0.25, -0.2) is 0 Å². The Kier molecular flexibility index (Phi) is 3.74. The van der Waals surface area contributed by atoms with E-state index in [9.17, 15) is 0 Å². The molecule has 84 valence electrons. The van der Waals surface area contributed by atoms with Gasteiger partial charge in [-0.1, -0.05) is 33.2 Å². The molecule has 2 rings (SSSR count). The van der Waals surface area contributed by atoms with E-state index in [4.69, 9.17) is 4.52 Å². The molecule has 0 amide bonds. The van der Waals surface area contributed by atoms with Gasteiger partial charge in [-0.05, 0) is 24.6 Å². The number of rotatable bonds is 4. The fourth-order valence-corrected chi connectivity index (χ4v) is 1.70. The lowest BCUT2D eigenvalue weighted by Crippen LogP contribution is -2.12. The van der Waals surface area contributed by atoms with Crippen molar-refractivity contribution in [2.45, 2.75) is 20.0 Å². The van der Waals surface area contributed by atoms with Crippen LogP contribution in [0, 0.1) is 6.92 Å². The normalized spacial score (nSPS) is 10.6. The lowest BCUT2D eigenvalue weighted by Gasteiger charge is -2.02. The van der Waals surface area contributed by atoms with Gasteiger partial charge < -0.3 is 9.84 Å². The molecule has 3 nitrogen and oxygen atoms in total. The molecule has 0 aliphatic rings. The predicted octanol–water partition coefficient (Wildman–Crippen LogP) is 3.04. The van der Waals surface area contributed by atoms with E-state index >= 15 is 0 Å². The first-order chi connectivity index (χ1) is 7.74. The topological polar surface area (TPSA) is 38.1 Å². The summed E-state index contributed by atoms with van der Waals surface area (Å²) in [5.74, 6) is 0.848. The van der Waals surface area contributed by atoms with Crippen LogP contribution in [0.5, 0.6) is 0 Å². The SMILES string of the molecule is Cc1cc(CNCc2ccc(Br)cc2)no1. The van der Waals surface area contributed by atoms with Gasteiger partial charge in [0.2, 0.25) is 0 Å². The summed E-state index contributed by atoms with van der Waals surface area (Å²) in [4.78, 5) is 0.